The maximum atomic E-state index is 10.9. The van der Waals surface area contributed by atoms with Crippen LogP contribution in [0.25, 0.3) is 0 Å². The lowest BCUT2D eigenvalue weighted by atomic mass is 10.1. The van der Waals surface area contributed by atoms with Gasteiger partial charge in [-0.3, -0.25) is 4.79 Å². The molecule has 1 N–H and O–H groups in total. The molecule has 0 saturated heterocycles. The standard InChI is InChI=1S/C20H20O4.C2H6O/c1-2-3-12-23-19-10-7-16(8-11-19)4-5-17-6-9-18(14-21)20(13-17)24-15-22;1-3-2/h6-11,13-14,22H,2-3,12,15H2,1H3;1-2H3. The molecule has 0 saturated carbocycles. The van der Waals surface area contributed by atoms with Crippen LogP contribution in [0.3, 0.4) is 0 Å². The van der Waals surface area contributed by atoms with E-state index in [9.17, 15) is 4.79 Å². The van der Waals surface area contributed by atoms with Gasteiger partial charge >= 0.3 is 0 Å². The Morgan fingerprint density at radius 1 is 1.00 bits per heavy atom. The van der Waals surface area contributed by atoms with Gasteiger partial charge in [0.15, 0.2) is 13.1 Å². The number of aldehydes is 1. The van der Waals surface area contributed by atoms with Crippen LogP contribution in [0.4, 0.5) is 0 Å². The van der Waals surface area contributed by atoms with Gasteiger partial charge in [0.05, 0.1) is 12.2 Å². The second-order valence-electron chi connectivity index (χ2n) is 5.53. The van der Waals surface area contributed by atoms with Crippen molar-refractivity contribution in [3.05, 3.63) is 59.2 Å². The first-order valence-electron chi connectivity index (χ1n) is 8.66. The van der Waals surface area contributed by atoms with E-state index in [1.807, 2.05) is 24.3 Å². The summed E-state index contributed by atoms with van der Waals surface area (Å²) >= 11 is 0. The van der Waals surface area contributed by atoms with Crippen LogP contribution in [0.1, 0.15) is 41.3 Å². The third kappa shape index (κ3) is 8.41. The minimum absolute atomic E-state index is 0.318. The van der Waals surface area contributed by atoms with E-state index >= 15 is 0 Å². The summed E-state index contributed by atoms with van der Waals surface area (Å²) in [6, 6.07) is 12.6. The Kier molecular flexibility index (Phi) is 11.0. The predicted octanol–water partition coefficient (Wildman–Crippen LogP) is 3.67. The van der Waals surface area contributed by atoms with Crippen LogP contribution in [0.2, 0.25) is 0 Å². The summed E-state index contributed by atoms with van der Waals surface area (Å²) in [5.41, 5.74) is 1.94. The van der Waals surface area contributed by atoms with Gasteiger partial charge in [0.2, 0.25) is 0 Å². The van der Waals surface area contributed by atoms with Crippen molar-refractivity contribution in [1.82, 2.24) is 0 Å². The summed E-state index contributed by atoms with van der Waals surface area (Å²) in [4.78, 5) is 10.9. The van der Waals surface area contributed by atoms with Crippen LogP contribution in [0.5, 0.6) is 11.5 Å². The Hall–Kier alpha value is -2.81. The zero-order valence-electron chi connectivity index (χ0n) is 16.0. The molecular formula is C22H26O5. The van der Waals surface area contributed by atoms with Crippen LogP contribution in [-0.4, -0.2) is 39.0 Å². The number of ether oxygens (including phenoxy) is 3. The lowest BCUT2D eigenvalue weighted by molar-refractivity contribution is 0.0959. The maximum absolute atomic E-state index is 10.9. The Morgan fingerprint density at radius 2 is 1.63 bits per heavy atom. The molecule has 0 aromatic heterocycles. The van der Waals surface area contributed by atoms with Gasteiger partial charge in [-0.15, -0.1) is 0 Å². The van der Waals surface area contributed by atoms with Crippen molar-refractivity contribution in [2.45, 2.75) is 19.8 Å². The third-order valence-electron chi connectivity index (χ3n) is 3.33. The number of hydrogen-bond acceptors (Lipinski definition) is 5. The van der Waals surface area contributed by atoms with Gasteiger partial charge in [-0.1, -0.05) is 25.2 Å². The van der Waals surface area contributed by atoms with Crippen molar-refractivity contribution < 1.29 is 24.1 Å². The minimum atomic E-state index is -0.489. The van der Waals surface area contributed by atoms with Crippen LogP contribution in [0.15, 0.2) is 42.5 Å². The van der Waals surface area contributed by atoms with Crippen LogP contribution in [0, 0.1) is 11.8 Å². The highest BCUT2D eigenvalue weighted by molar-refractivity contribution is 5.79. The largest absolute Gasteiger partial charge is 0.494 e. The van der Waals surface area contributed by atoms with E-state index in [1.54, 1.807) is 32.4 Å². The summed E-state index contributed by atoms with van der Waals surface area (Å²) < 4.78 is 14.9. The molecular weight excluding hydrogens is 344 g/mol. The number of carbonyl (C=O) groups is 1. The first-order valence-corrected chi connectivity index (χ1v) is 8.66. The molecule has 0 unspecified atom stereocenters. The van der Waals surface area contributed by atoms with E-state index < -0.39 is 6.79 Å². The fourth-order valence-corrected chi connectivity index (χ4v) is 2.02. The van der Waals surface area contributed by atoms with Gasteiger partial charge in [-0.2, -0.15) is 0 Å². The Morgan fingerprint density at radius 3 is 2.22 bits per heavy atom. The number of aliphatic hydroxyl groups excluding tert-OH is 1. The van der Waals surface area contributed by atoms with Crippen LogP contribution >= 0.6 is 0 Å². The van der Waals surface area contributed by atoms with Crippen molar-refractivity contribution in [3.63, 3.8) is 0 Å². The molecule has 0 amide bonds. The predicted molar refractivity (Wildman–Crippen MR) is 105 cm³/mol. The SMILES string of the molecule is CCCCOc1ccc(C#Cc2ccc(C=O)c(OCO)c2)cc1.COC. The van der Waals surface area contributed by atoms with Crippen molar-refractivity contribution >= 4 is 6.29 Å². The van der Waals surface area contributed by atoms with Crippen molar-refractivity contribution in [2.75, 3.05) is 27.6 Å². The number of benzene rings is 2. The molecule has 27 heavy (non-hydrogen) atoms. The summed E-state index contributed by atoms with van der Waals surface area (Å²) in [5.74, 6) is 7.22. The van der Waals surface area contributed by atoms with E-state index in [0.29, 0.717) is 23.2 Å². The quantitative estimate of drug-likeness (QED) is 0.349. The second kappa shape index (κ2) is 13.4. The van der Waals surface area contributed by atoms with Crippen molar-refractivity contribution in [3.8, 4) is 23.3 Å². The number of rotatable bonds is 7. The number of unbranched alkanes of at least 4 members (excludes halogenated alkanes) is 1. The molecule has 5 heteroatoms. The molecule has 0 aliphatic carbocycles. The van der Waals surface area contributed by atoms with E-state index in [0.717, 1.165) is 30.8 Å². The lowest BCUT2D eigenvalue weighted by Crippen LogP contribution is -1.98. The number of carbonyl (C=O) groups excluding carboxylic acids is 1. The van der Waals surface area contributed by atoms with E-state index in [-0.39, 0.29) is 0 Å². The van der Waals surface area contributed by atoms with Gasteiger partial charge in [0, 0.05) is 25.3 Å². The first kappa shape index (κ1) is 22.2. The first-order chi connectivity index (χ1) is 13.2. The minimum Gasteiger partial charge on any atom is -0.494 e. The normalized spacial score (nSPS) is 9.33. The van der Waals surface area contributed by atoms with Crippen molar-refractivity contribution in [1.29, 1.82) is 0 Å². The molecule has 0 aliphatic rings. The van der Waals surface area contributed by atoms with Gasteiger partial charge in [-0.25, -0.2) is 0 Å². The Labute approximate surface area is 160 Å². The van der Waals surface area contributed by atoms with E-state index in [4.69, 9.17) is 14.6 Å². The number of aliphatic hydroxyl groups is 1. The summed E-state index contributed by atoms with van der Waals surface area (Å²) in [6.07, 6.45) is 2.82. The number of hydrogen-bond donors (Lipinski definition) is 1. The second-order valence-corrected chi connectivity index (χ2v) is 5.53. The monoisotopic (exact) mass is 370 g/mol. The Bertz CT molecular complexity index is 742. The molecule has 0 bridgehead atoms. The summed E-state index contributed by atoms with van der Waals surface area (Å²) in [7, 11) is 3.25. The molecule has 0 spiro atoms. The molecule has 0 heterocycles. The maximum Gasteiger partial charge on any atom is 0.186 e. The molecule has 0 atom stereocenters. The highest BCUT2D eigenvalue weighted by Gasteiger charge is 2.03. The smallest absolute Gasteiger partial charge is 0.186 e. The highest BCUT2D eigenvalue weighted by Crippen LogP contribution is 2.18. The fourth-order valence-electron chi connectivity index (χ4n) is 2.02. The van der Waals surface area contributed by atoms with Crippen molar-refractivity contribution in [2.24, 2.45) is 0 Å². The molecule has 2 aromatic rings. The average Bonchev–Trinajstić information content (AvgIpc) is 2.69. The molecule has 0 radical (unpaired) electrons. The molecule has 2 rings (SSSR count). The summed E-state index contributed by atoms with van der Waals surface area (Å²) in [5, 5.41) is 8.86. The average molecular weight is 370 g/mol. The topological polar surface area (TPSA) is 65.0 Å². The third-order valence-corrected chi connectivity index (χ3v) is 3.33. The zero-order chi connectivity index (χ0) is 19.9. The Balaban J connectivity index is 0.00000114. The molecule has 144 valence electrons. The van der Waals surface area contributed by atoms with Gasteiger partial charge < -0.3 is 19.3 Å². The molecule has 2 aromatic carbocycles. The van der Waals surface area contributed by atoms with Gasteiger partial charge in [0.25, 0.3) is 0 Å². The van der Waals surface area contributed by atoms with Crippen LogP contribution < -0.4 is 9.47 Å². The van der Waals surface area contributed by atoms with Gasteiger partial charge in [0.1, 0.15) is 11.5 Å². The van der Waals surface area contributed by atoms with E-state index in [2.05, 4.69) is 23.5 Å². The zero-order valence-corrected chi connectivity index (χ0v) is 16.0. The van der Waals surface area contributed by atoms with E-state index in [1.165, 1.54) is 0 Å². The lowest BCUT2D eigenvalue weighted by Gasteiger charge is -2.05. The van der Waals surface area contributed by atoms with Gasteiger partial charge in [-0.05, 0) is 48.9 Å². The summed E-state index contributed by atoms with van der Waals surface area (Å²) in [6.45, 7) is 2.36. The number of methoxy groups -OCH3 is 1. The highest BCUT2D eigenvalue weighted by atomic mass is 16.6. The molecule has 0 aliphatic heterocycles. The van der Waals surface area contributed by atoms with Crippen LogP contribution in [-0.2, 0) is 4.74 Å². The fraction of sp³-hybridized carbons (Fsp3) is 0.318. The molecule has 0 fully saturated rings. The molecule has 5 nitrogen and oxygen atoms in total.